The number of urea groups is 1. The summed E-state index contributed by atoms with van der Waals surface area (Å²) in [6, 6.07) is 10.3. The molecule has 24 heavy (non-hydrogen) atoms. The molecule has 1 saturated carbocycles. The van der Waals surface area contributed by atoms with Crippen molar-refractivity contribution in [2.45, 2.75) is 56.3 Å². The minimum Gasteiger partial charge on any atom is -0.367 e. The lowest BCUT2D eigenvalue weighted by molar-refractivity contribution is -0.128. The molecular formula is C18H25N3O3. The summed E-state index contributed by atoms with van der Waals surface area (Å²) in [4.78, 5) is 23.3. The van der Waals surface area contributed by atoms with Crippen LogP contribution < -0.4 is 16.4 Å². The number of carbonyl (C=O) groups is 2. The van der Waals surface area contributed by atoms with Crippen molar-refractivity contribution >= 4 is 11.9 Å². The van der Waals surface area contributed by atoms with Crippen LogP contribution in [0.3, 0.4) is 0 Å². The molecule has 0 spiro atoms. The van der Waals surface area contributed by atoms with E-state index in [1.165, 1.54) is 5.56 Å². The molecule has 130 valence electrons. The van der Waals surface area contributed by atoms with E-state index in [-0.39, 0.29) is 18.2 Å². The van der Waals surface area contributed by atoms with Crippen molar-refractivity contribution in [2.24, 2.45) is 5.73 Å². The standard InChI is InChI=1S/C18H25N3O3/c19-17(22)16-10-9-13(24-16)11-20-18(23)21-15-8-4-7-14(15)12-5-2-1-3-6-12/h1-3,5-6,13-16H,4,7-11H2,(H2,19,22)(H2,20,21,23)/t13-,14+,15-,16+/m1/s1. The molecule has 0 bridgehead atoms. The quantitative estimate of drug-likeness (QED) is 0.766. The van der Waals surface area contributed by atoms with E-state index in [0.29, 0.717) is 18.9 Å². The van der Waals surface area contributed by atoms with Crippen LogP contribution in [0.25, 0.3) is 0 Å². The van der Waals surface area contributed by atoms with Crippen molar-refractivity contribution in [2.75, 3.05) is 6.54 Å². The van der Waals surface area contributed by atoms with Crippen LogP contribution in [0.4, 0.5) is 4.79 Å². The Hall–Kier alpha value is -2.08. The summed E-state index contributed by atoms with van der Waals surface area (Å²) in [5.74, 6) is -0.0578. The van der Waals surface area contributed by atoms with E-state index in [9.17, 15) is 9.59 Å². The molecule has 6 heteroatoms. The van der Waals surface area contributed by atoms with Gasteiger partial charge in [-0.05, 0) is 31.2 Å². The Kier molecular flexibility index (Phi) is 5.35. The number of nitrogens with two attached hydrogens (primary N) is 1. The summed E-state index contributed by atoms with van der Waals surface area (Å²) in [7, 11) is 0. The number of amides is 3. The zero-order valence-corrected chi connectivity index (χ0v) is 13.7. The number of ether oxygens (including phenoxy) is 1. The third-order valence-corrected chi connectivity index (χ3v) is 4.98. The third kappa shape index (κ3) is 4.06. The van der Waals surface area contributed by atoms with E-state index in [2.05, 4.69) is 22.8 Å². The molecule has 1 heterocycles. The maximum atomic E-state index is 12.2. The molecule has 0 aromatic heterocycles. The Labute approximate surface area is 142 Å². The molecule has 1 aromatic rings. The minimum atomic E-state index is -0.517. The molecule has 3 amide bonds. The van der Waals surface area contributed by atoms with Crippen molar-refractivity contribution in [1.82, 2.24) is 10.6 Å². The highest BCUT2D eigenvalue weighted by Crippen LogP contribution is 2.34. The highest BCUT2D eigenvalue weighted by Gasteiger charge is 2.31. The average Bonchev–Trinajstić information content (AvgIpc) is 3.23. The van der Waals surface area contributed by atoms with Gasteiger partial charge in [-0.3, -0.25) is 4.79 Å². The number of hydrogen-bond donors (Lipinski definition) is 3. The van der Waals surface area contributed by atoms with Crippen molar-refractivity contribution in [3.8, 4) is 0 Å². The van der Waals surface area contributed by atoms with Gasteiger partial charge in [0.2, 0.25) is 5.91 Å². The Morgan fingerprint density at radius 3 is 2.62 bits per heavy atom. The molecule has 1 aliphatic heterocycles. The van der Waals surface area contributed by atoms with Gasteiger partial charge in [-0.15, -0.1) is 0 Å². The van der Waals surface area contributed by atoms with Crippen LogP contribution in [0.1, 0.15) is 43.6 Å². The van der Waals surface area contributed by atoms with Crippen LogP contribution >= 0.6 is 0 Å². The van der Waals surface area contributed by atoms with Gasteiger partial charge in [-0.1, -0.05) is 36.8 Å². The maximum Gasteiger partial charge on any atom is 0.315 e. The lowest BCUT2D eigenvalue weighted by atomic mass is 9.94. The van der Waals surface area contributed by atoms with Gasteiger partial charge in [0, 0.05) is 18.5 Å². The van der Waals surface area contributed by atoms with Crippen LogP contribution in [-0.4, -0.2) is 36.7 Å². The third-order valence-electron chi connectivity index (χ3n) is 4.98. The van der Waals surface area contributed by atoms with Crippen molar-refractivity contribution in [3.63, 3.8) is 0 Å². The number of benzene rings is 1. The van der Waals surface area contributed by atoms with Gasteiger partial charge in [-0.2, -0.15) is 0 Å². The summed E-state index contributed by atoms with van der Waals surface area (Å²) in [6.45, 7) is 0.401. The molecule has 1 aromatic carbocycles. The zero-order valence-electron chi connectivity index (χ0n) is 13.7. The van der Waals surface area contributed by atoms with E-state index in [4.69, 9.17) is 10.5 Å². The fourth-order valence-electron chi connectivity index (χ4n) is 3.72. The van der Waals surface area contributed by atoms with Gasteiger partial charge < -0.3 is 21.1 Å². The van der Waals surface area contributed by atoms with E-state index in [1.54, 1.807) is 0 Å². The predicted octanol–water partition coefficient (Wildman–Crippen LogP) is 1.65. The lowest BCUT2D eigenvalue weighted by Gasteiger charge is -2.22. The number of rotatable bonds is 5. The normalized spacial score (nSPS) is 29.3. The Balaban J connectivity index is 1.46. The zero-order chi connectivity index (χ0) is 16.9. The van der Waals surface area contributed by atoms with Crippen molar-refractivity contribution in [1.29, 1.82) is 0 Å². The summed E-state index contributed by atoms with van der Waals surface area (Å²) in [5, 5.41) is 5.94. The molecule has 0 radical (unpaired) electrons. The number of primary amides is 1. The van der Waals surface area contributed by atoms with E-state index >= 15 is 0 Å². The smallest absolute Gasteiger partial charge is 0.315 e. The molecular weight excluding hydrogens is 306 g/mol. The fourth-order valence-corrected chi connectivity index (χ4v) is 3.72. The predicted molar refractivity (Wildman–Crippen MR) is 90.4 cm³/mol. The van der Waals surface area contributed by atoms with Crippen LogP contribution in [0.5, 0.6) is 0 Å². The molecule has 2 fully saturated rings. The largest absolute Gasteiger partial charge is 0.367 e. The summed E-state index contributed by atoms with van der Waals surface area (Å²) < 4.78 is 5.52. The highest BCUT2D eigenvalue weighted by molar-refractivity contribution is 5.79. The topological polar surface area (TPSA) is 93.5 Å². The SMILES string of the molecule is NC(=O)[C@@H]1CC[C@H](CNC(=O)N[C@@H]2CCC[C@H]2c2ccccc2)O1. The molecule has 3 rings (SSSR count). The molecule has 1 aliphatic carbocycles. The molecule has 2 aliphatic rings. The van der Waals surface area contributed by atoms with Crippen molar-refractivity contribution in [3.05, 3.63) is 35.9 Å². The summed E-state index contributed by atoms with van der Waals surface area (Å²) in [6.07, 6.45) is 3.93. The second kappa shape index (κ2) is 7.66. The second-order valence-electron chi connectivity index (χ2n) is 6.64. The van der Waals surface area contributed by atoms with Crippen LogP contribution in [0.15, 0.2) is 30.3 Å². The first-order chi connectivity index (χ1) is 11.6. The maximum absolute atomic E-state index is 12.2. The van der Waals surface area contributed by atoms with E-state index < -0.39 is 12.0 Å². The van der Waals surface area contributed by atoms with Crippen LogP contribution in [-0.2, 0) is 9.53 Å². The van der Waals surface area contributed by atoms with Crippen LogP contribution in [0.2, 0.25) is 0 Å². The van der Waals surface area contributed by atoms with Gasteiger partial charge >= 0.3 is 6.03 Å². The van der Waals surface area contributed by atoms with E-state index in [1.807, 2.05) is 18.2 Å². The van der Waals surface area contributed by atoms with E-state index in [0.717, 1.165) is 25.7 Å². The van der Waals surface area contributed by atoms with Crippen LogP contribution in [0, 0.1) is 0 Å². The van der Waals surface area contributed by atoms with Gasteiger partial charge in [0.15, 0.2) is 0 Å². The van der Waals surface area contributed by atoms with Crippen molar-refractivity contribution < 1.29 is 14.3 Å². The monoisotopic (exact) mass is 331 g/mol. The van der Waals surface area contributed by atoms with Gasteiger partial charge in [0.1, 0.15) is 6.10 Å². The van der Waals surface area contributed by atoms with Gasteiger partial charge in [0.05, 0.1) is 6.10 Å². The second-order valence-corrected chi connectivity index (χ2v) is 6.64. The average molecular weight is 331 g/mol. The number of carbonyl (C=O) groups excluding carboxylic acids is 2. The Bertz CT molecular complexity index is 578. The first kappa shape index (κ1) is 16.8. The Morgan fingerprint density at radius 1 is 1.12 bits per heavy atom. The highest BCUT2D eigenvalue weighted by atomic mass is 16.5. The molecule has 4 atom stereocenters. The molecule has 4 N–H and O–H groups in total. The lowest BCUT2D eigenvalue weighted by Crippen LogP contribution is -2.45. The first-order valence-electron chi connectivity index (χ1n) is 8.67. The summed E-state index contributed by atoms with van der Waals surface area (Å²) in [5.41, 5.74) is 6.51. The Morgan fingerprint density at radius 2 is 1.92 bits per heavy atom. The summed E-state index contributed by atoms with van der Waals surface area (Å²) >= 11 is 0. The molecule has 1 saturated heterocycles. The number of hydrogen-bond acceptors (Lipinski definition) is 3. The molecule has 0 unspecified atom stereocenters. The minimum absolute atomic E-state index is 0.137. The van der Waals surface area contributed by atoms with Gasteiger partial charge in [0.25, 0.3) is 0 Å². The fraction of sp³-hybridized carbons (Fsp3) is 0.556. The number of nitrogens with one attached hydrogen (secondary N) is 2. The first-order valence-corrected chi connectivity index (χ1v) is 8.67. The van der Waals surface area contributed by atoms with Gasteiger partial charge in [-0.25, -0.2) is 4.79 Å². The molecule has 6 nitrogen and oxygen atoms in total.